The smallest absolute Gasteiger partial charge is 0.461 e. The molecule has 1 rings (SSSR count). The summed E-state index contributed by atoms with van der Waals surface area (Å²) in [6.45, 7) is 1.32. The van der Waals surface area contributed by atoms with Gasteiger partial charge in [-0.3, -0.25) is 0 Å². The Morgan fingerprint density at radius 1 is 1.45 bits per heavy atom. The molecule has 1 aromatic rings. The zero-order valence-electron chi connectivity index (χ0n) is 9.80. The van der Waals surface area contributed by atoms with Crippen molar-refractivity contribution in [2.45, 2.75) is 19.7 Å². The molecule has 1 heterocycles. The van der Waals surface area contributed by atoms with E-state index in [1.54, 1.807) is 0 Å². The Kier molecular flexibility index (Phi) is 5.48. The number of pyridine rings is 1. The maximum atomic E-state index is 12.6. The summed E-state index contributed by atoms with van der Waals surface area (Å²) in [7, 11) is 0. The quantitative estimate of drug-likeness (QED) is 0.328. The van der Waals surface area contributed by atoms with Gasteiger partial charge in [-0.25, -0.2) is 18.6 Å². The van der Waals surface area contributed by atoms with Crippen molar-refractivity contribution in [1.29, 1.82) is 0 Å². The number of halogens is 6. The first kappa shape index (κ1) is 16.9. The second-order valence-corrected chi connectivity index (χ2v) is 4.31. The largest absolute Gasteiger partial charge is 0.573 e. The Bertz CT molecular complexity index is 506. The van der Waals surface area contributed by atoms with Crippen molar-refractivity contribution < 1.29 is 36.2 Å². The van der Waals surface area contributed by atoms with Crippen LogP contribution in [-0.2, 0) is 4.74 Å². The number of ether oxygens (including phenoxy) is 2. The molecule has 0 fully saturated rings. The van der Waals surface area contributed by atoms with E-state index in [4.69, 9.17) is 0 Å². The van der Waals surface area contributed by atoms with E-state index in [2.05, 4.69) is 14.5 Å². The van der Waals surface area contributed by atoms with Crippen LogP contribution in [0.4, 0.5) is 22.0 Å². The first-order valence-electron chi connectivity index (χ1n) is 5.07. The summed E-state index contributed by atoms with van der Waals surface area (Å²) in [6.07, 6.45) is -8.20. The molecular formula is C10H7F5INO3. The fourth-order valence-corrected chi connectivity index (χ4v) is 1.82. The Morgan fingerprint density at radius 3 is 2.50 bits per heavy atom. The molecule has 0 amide bonds. The summed E-state index contributed by atoms with van der Waals surface area (Å²) in [5.74, 6) is -2.31. The first-order valence-corrected chi connectivity index (χ1v) is 6.15. The van der Waals surface area contributed by atoms with Crippen LogP contribution in [0.3, 0.4) is 0 Å². The highest BCUT2D eigenvalue weighted by Crippen LogP contribution is 2.32. The van der Waals surface area contributed by atoms with Crippen LogP contribution in [0.2, 0.25) is 0 Å². The minimum Gasteiger partial charge on any atom is -0.461 e. The van der Waals surface area contributed by atoms with Crippen molar-refractivity contribution in [2.24, 2.45) is 0 Å². The van der Waals surface area contributed by atoms with Gasteiger partial charge in [-0.15, -0.1) is 13.2 Å². The summed E-state index contributed by atoms with van der Waals surface area (Å²) >= 11 is 1.38. The molecule has 0 N–H and O–H groups in total. The zero-order valence-corrected chi connectivity index (χ0v) is 12.0. The van der Waals surface area contributed by atoms with E-state index in [0.29, 0.717) is 6.07 Å². The minimum atomic E-state index is -5.14. The maximum Gasteiger partial charge on any atom is 0.573 e. The van der Waals surface area contributed by atoms with Crippen LogP contribution in [0.25, 0.3) is 0 Å². The predicted octanol–water partition coefficient (Wildman–Crippen LogP) is 3.70. The van der Waals surface area contributed by atoms with Crippen molar-refractivity contribution in [2.75, 3.05) is 6.61 Å². The van der Waals surface area contributed by atoms with Crippen molar-refractivity contribution in [1.82, 2.24) is 4.98 Å². The Labute approximate surface area is 123 Å². The summed E-state index contributed by atoms with van der Waals surface area (Å²) in [5.41, 5.74) is -1.57. The molecule has 0 aliphatic rings. The van der Waals surface area contributed by atoms with Crippen LogP contribution in [0.1, 0.15) is 29.4 Å². The summed E-state index contributed by atoms with van der Waals surface area (Å²) < 4.78 is 69.6. The number of aromatic nitrogens is 1. The fraction of sp³-hybridized carbons (Fsp3) is 0.400. The van der Waals surface area contributed by atoms with E-state index in [1.165, 1.54) is 29.5 Å². The minimum absolute atomic E-state index is 0.112. The van der Waals surface area contributed by atoms with Crippen molar-refractivity contribution in [3.63, 3.8) is 0 Å². The molecule has 1 aromatic heterocycles. The normalized spacial score (nSPS) is 11.6. The Balaban J connectivity index is 3.33. The van der Waals surface area contributed by atoms with Crippen LogP contribution >= 0.6 is 22.6 Å². The van der Waals surface area contributed by atoms with Gasteiger partial charge in [-0.05, 0) is 35.6 Å². The van der Waals surface area contributed by atoms with Crippen molar-refractivity contribution in [3.05, 3.63) is 21.0 Å². The number of alkyl halides is 5. The molecule has 0 unspecified atom stereocenters. The number of carbonyl (C=O) groups is 1. The maximum absolute atomic E-state index is 12.6. The SMILES string of the molecule is CCOC(=O)c1nc(I)c(C(F)F)cc1OC(F)(F)F. The van der Waals surface area contributed by atoms with Gasteiger partial charge in [0.15, 0.2) is 11.4 Å². The van der Waals surface area contributed by atoms with E-state index in [-0.39, 0.29) is 10.3 Å². The van der Waals surface area contributed by atoms with Crippen LogP contribution in [0.15, 0.2) is 6.07 Å². The van der Waals surface area contributed by atoms with Gasteiger partial charge in [0, 0.05) is 0 Å². The van der Waals surface area contributed by atoms with Gasteiger partial charge < -0.3 is 9.47 Å². The number of rotatable bonds is 4. The number of hydrogen-bond donors (Lipinski definition) is 0. The second-order valence-electron chi connectivity index (χ2n) is 3.28. The molecular weight excluding hydrogens is 404 g/mol. The lowest BCUT2D eigenvalue weighted by molar-refractivity contribution is -0.274. The van der Waals surface area contributed by atoms with E-state index in [9.17, 15) is 26.7 Å². The molecule has 0 aliphatic heterocycles. The van der Waals surface area contributed by atoms with Crippen LogP contribution in [0, 0.1) is 3.70 Å². The molecule has 20 heavy (non-hydrogen) atoms. The van der Waals surface area contributed by atoms with Crippen molar-refractivity contribution >= 4 is 28.6 Å². The summed E-state index contributed by atoms with van der Waals surface area (Å²) in [6, 6.07) is 0.430. The second kappa shape index (κ2) is 6.50. The lowest BCUT2D eigenvalue weighted by Gasteiger charge is -2.14. The molecule has 10 heteroatoms. The molecule has 0 aromatic carbocycles. The molecule has 0 spiro atoms. The van der Waals surface area contributed by atoms with Gasteiger partial charge in [-0.2, -0.15) is 0 Å². The Hall–Kier alpha value is -1.20. The number of nitrogens with zero attached hydrogens (tertiary/aromatic N) is 1. The predicted molar refractivity (Wildman–Crippen MR) is 64.6 cm³/mol. The summed E-state index contributed by atoms with van der Waals surface area (Å²) in [5, 5.41) is 0. The third-order valence-corrected chi connectivity index (χ3v) is 2.76. The van der Waals surface area contributed by atoms with Gasteiger partial charge in [-0.1, -0.05) is 0 Å². The van der Waals surface area contributed by atoms with Gasteiger partial charge in [0.1, 0.15) is 3.70 Å². The van der Waals surface area contributed by atoms with Gasteiger partial charge in [0.25, 0.3) is 6.43 Å². The highest BCUT2D eigenvalue weighted by Gasteiger charge is 2.35. The number of hydrogen-bond acceptors (Lipinski definition) is 4. The van der Waals surface area contributed by atoms with E-state index >= 15 is 0 Å². The van der Waals surface area contributed by atoms with Crippen LogP contribution < -0.4 is 4.74 Å². The van der Waals surface area contributed by atoms with E-state index in [0.717, 1.165) is 0 Å². The highest BCUT2D eigenvalue weighted by atomic mass is 127. The van der Waals surface area contributed by atoms with Gasteiger partial charge >= 0.3 is 12.3 Å². The van der Waals surface area contributed by atoms with Gasteiger partial charge in [0.05, 0.1) is 12.2 Å². The molecule has 0 saturated carbocycles. The molecule has 0 saturated heterocycles. The van der Waals surface area contributed by atoms with E-state index in [1.807, 2.05) is 0 Å². The molecule has 0 radical (unpaired) electrons. The number of carbonyl (C=O) groups excluding carboxylic acids is 1. The third-order valence-electron chi connectivity index (χ3n) is 1.90. The molecule has 0 aliphatic carbocycles. The average molecular weight is 411 g/mol. The molecule has 112 valence electrons. The topological polar surface area (TPSA) is 48.4 Å². The monoisotopic (exact) mass is 411 g/mol. The lowest BCUT2D eigenvalue weighted by Crippen LogP contribution is -2.21. The van der Waals surface area contributed by atoms with Crippen LogP contribution in [0.5, 0.6) is 5.75 Å². The fourth-order valence-electron chi connectivity index (χ4n) is 1.19. The summed E-state index contributed by atoms with van der Waals surface area (Å²) in [4.78, 5) is 14.9. The number of esters is 1. The molecule has 0 atom stereocenters. The average Bonchev–Trinajstić information content (AvgIpc) is 2.29. The molecule has 0 bridgehead atoms. The third kappa shape index (κ3) is 4.42. The highest BCUT2D eigenvalue weighted by molar-refractivity contribution is 14.1. The van der Waals surface area contributed by atoms with Crippen molar-refractivity contribution in [3.8, 4) is 5.75 Å². The standard InChI is InChI=1S/C10H7F5INO3/c1-2-19-9(18)6-5(20-10(13,14)15)3-4(7(11)12)8(16)17-6/h3,7H,2H2,1H3. The molecule has 4 nitrogen and oxygen atoms in total. The zero-order chi connectivity index (χ0) is 15.5. The first-order chi connectivity index (χ1) is 9.15. The van der Waals surface area contributed by atoms with E-state index < -0.39 is 35.8 Å². The lowest BCUT2D eigenvalue weighted by atomic mass is 10.2. The van der Waals surface area contributed by atoms with Gasteiger partial charge in [0.2, 0.25) is 0 Å². The Morgan fingerprint density at radius 2 is 2.05 bits per heavy atom. The van der Waals surface area contributed by atoms with Crippen LogP contribution in [-0.4, -0.2) is 23.9 Å².